The van der Waals surface area contributed by atoms with Gasteiger partial charge in [-0.05, 0) is 54.9 Å². The molecule has 1 aromatic carbocycles. The van der Waals surface area contributed by atoms with Crippen molar-refractivity contribution in [2.75, 3.05) is 7.11 Å². The molecular weight excluding hydrogens is 234 g/mol. The molecule has 2 aliphatic carbocycles. The Kier molecular flexibility index (Phi) is 3.30. The summed E-state index contributed by atoms with van der Waals surface area (Å²) >= 11 is 0. The highest BCUT2D eigenvalue weighted by atomic mass is 16.5. The number of benzene rings is 1. The van der Waals surface area contributed by atoms with Crippen LogP contribution in [0.1, 0.15) is 50.2 Å². The first-order valence-corrected chi connectivity index (χ1v) is 7.64. The first kappa shape index (κ1) is 13.0. The Morgan fingerprint density at radius 1 is 1.37 bits per heavy atom. The van der Waals surface area contributed by atoms with Crippen molar-refractivity contribution >= 4 is 0 Å². The van der Waals surface area contributed by atoms with Crippen LogP contribution in [0.25, 0.3) is 0 Å². The second kappa shape index (κ2) is 4.82. The summed E-state index contributed by atoms with van der Waals surface area (Å²) in [4.78, 5) is 0. The minimum atomic E-state index is 0.184. The molecule has 0 spiro atoms. The van der Waals surface area contributed by atoms with Crippen molar-refractivity contribution in [3.8, 4) is 5.75 Å². The predicted molar refractivity (Wildman–Crippen MR) is 78.6 cm³/mol. The van der Waals surface area contributed by atoms with Gasteiger partial charge in [-0.15, -0.1) is 0 Å². The van der Waals surface area contributed by atoms with Crippen molar-refractivity contribution in [3.05, 3.63) is 29.3 Å². The zero-order valence-corrected chi connectivity index (χ0v) is 12.1. The van der Waals surface area contributed by atoms with Gasteiger partial charge in [-0.1, -0.05) is 25.8 Å². The van der Waals surface area contributed by atoms with E-state index in [0.717, 1.165) is 18.6 Å². The molecule has 0 radical (unpaired) electrons. The van der Waals surface area contributed by atoms with Gasteiger partial charge in [0.25, 0.3) is 0 Å². The van der Waals surface area contributed by atoms with E-state index in [9.17, 15) is 0 Å². The van der Waals surface area contributed by atoms with Crippen molar-refractivity contribution in [2.45, 2.75) is 56.9 Å². The number of methoxy groups -OCH3 is 1. The van der Waals surface area contributed by atoms with Crippen molar-refractivity contribution < 1.29 is 4.74 Å². The summed E-state index contributed by atoms with van der Waals surface area (Å²) in [5, 5.41) is 0. The monoisotopic (exact) mass is 259 g/mol. The molecule has 0 heterocycles. The van der Waals surface area contributed by atoms with E-state index < -0.39 is 0 Å². The quantitative estimate of drug-likeness (QED) is 0.883. The van der Waals surface area contributed by atoms with E-state index in [1.54, 1.807) is 7.11 Å². The van der Waals surface area contributed by atoms with E-state index in [-0.39, 0.29) is 5.41 Å². The maximum atomic E-state index is 6.70. The fourth-order valence-corrected chi connectivity index (χ4v) is 4.40. The van der Waals surface area contributed by atoms with Gasteiger partial charge in [0, 0.05) is 11.5 Å². The van der Waals surface area contributed by atoms with Crippen LogP contribution in [0.2, 0.25) is 0 Å². The number of hydrogen-bond donors (Lipinski definition) is 1. The molecule has 2 nitrogen and oxygen atoms in total. The summed E-state index contributed by atoms with van der Waals surface area (Å²) in [6.45, 7) is 2.30. The number of hydrogen-bond acceptors (Lipinski definition) is 2. The number of rotatable bonds is 2. The lowest BCUT2D eigenvalue weighted by molar-refractivity contribution is 0.227. The summed E-state index contributed by atoms with van der Waals surface area (Å²) in [5.74, 6) is 1.64. The summed E-state index contributed by atoms with van der Waals surface area (Å²) in [6.07, 6.45) is 7.49. The van der Waals surface area contributed by atoms with E-state index >= 15 is 0 Å². The third kappa shape index (κ3) is 1.88. The first-order valence-electron chi connectivity index (χ1n) is 7.64. The number of ether oxygens (including phenoxy) is 1. The Hall–Kier alpha value is -1.02. The molecule has 0 amide bonds. The Balaban J connectivity index is 2.16. The first-order chi connectivity index (χ1) is 9.21. The molecule has 0 saturated heterocycles. The SMILES string of the molecule is CC[C@@]12CCCCC(Cc3ccc(OC)cc31)[C@H]2N. The normalized spacial score (nSPS) is 33.4. The molecule has 3 atom stereocenters. The molecule has 0 aromatic heterocycles. The average Bonchev–Trinajstić information content (AvgIpc) is 2.55. The van der Waals surface area contributed by atoms with Crippen LogP contribution >= 0.6 is 0 Å². The van der Waals surface area contributed by atoms with Crippen LogP contribution in [0.15, 0.2) is 18.2 Å². The molecule has 19 heavy (non-hydrogen) atoms. The summed E-state index contributed by atoms with van der Waals surface area (Å²) in [5.41, 5.74) is 9.86. The van der Waals surface area contributed by atoms with Crippen LogP contribution in [0, 0.1) is 5.92 Å². The highest BCUT2D eigenvalue weighted by Gasteiger charge is 2.46. The smallest absolute Gasteiger partial charge is 0.119 e. The lowest BCUT2D eigenvalue weighted by Gasteiger charge is -2.46. The van der Waals surface area contributed by atoms with E-state index in [1.165, 1.54) is 36.8 Å². The van der Waals surface area contributed by atoms with Crippen LogP contribution in [-0.2, 0) is 11.8 Å². The van der Waals surface area contributed by atoms with Gasteiger partial charge in [0.2, 0.25) is 0 Å². The predicted octanol–water partition coefficient (Wildman–Crippen LogP) is 3.42. The van der Waals surface area contributed by atoms with Gasteiger partial charge in [-0.2, -0.15) is 0 Å². The highest BCUT2D eigenvalue weighted by Crippen LogP contribution is 2.49. The lowest BCUT2D eigenvalue weighted by Crippen LogP contribution is -2.52. The second-order valence-electron chi connectivity index (χ2n) is 6.27. The molecular formula is C17H25NO. The Labute approximate surface area is 116 Å². The molecule has 2 aliphatic rings. The van der Waals surface area contributed by atoms with Gasteiger partial charge in [0.05, 0.1) is 7.11 Å². The van der Waals surface area contributed by atoms with E-state index in [0.29, 0.717) is 12.0 Å². The number of fused-ring (bicyclic) bond motifs is 4. The largest absolute Gasteiger partial charge is 0.497 e. The summed E-state index contributed by atoms with van der Waals surface area (Å²) in [7, 11) is 1.75. The van der Waals surface area contributed by atoms with Gasteiger partial charge < -0.3 is 10.5 Å². The van der Waals surface area contributed by atoms with E-state index in [4.69, 9.17) is 10.5 Å². The zero-order chi connectivity index (χ0) is 13.5. The van der Waals surface area contributed by atoms with E-state index in [2.05, 4.69) is 25.1 Å². The Morgan fingerprint density at radius 2 is 2.21 bits per heavy atom. The maximum absolute atomic E-state index is 6.70. The molecule has 1 aromatic rings. The van der Waals surface area contributed by atoms with Crippen LogP contribution < -0.4 is 10.5 Å². The van der Waals surface area contributed by atoms with Crippen molar-refractivity contribution in [2.24, 2.45) is 11.7 Å². The standard InChI is InChI=1S/C17H25NO/c1-3-17-9-5-4-6-13(16(17)18)10-12-7-8-14(19-2)11-15(12)17/h7-8,11,13,16H,3-6,9-10,18H2,1-2H3/t13?,16-,17-/m1/s1. The third-order valence-corrected chi connectivity index (χ3v) is 5.56. The summed E-state index contributed by atoms with van der Waals surface area (Å²) in [6, 6.07) is 6.94. The van der Waals surface area contributed by atoms with Gasteiger partial charge in [-0.25, -0.2) is 0 Å². The van der Waals surface area contributed by atoms with Gasteiger partial charge >= 0.3 is 0 Å². The third-order valence-electron chi connectivity index (χ3n) is 5.56. The summed E-state index contributed by atoms with van der Waals surface area (Å²) < 4.78 is 5.43. The van der Waals surface area contributed by atoms with Crippen LogP contribution in [0.5, 0.6) is 5.75 Å². The molecule has 2 N–H and O–H groups in total. The maximum Gasteiger partial charge on any atom is 0.119 e. The van der Waals surface area contributed by atoms with Gasteiger partial charge in [0.1, 0.15) is 5.75 Å². The molecule has 104 valence electrons. The van der Waals surface area contributed by atoms with Crippen LogP contribution in [-0.4, -0.2) is 13.2 Å². The minimum Gasteiger partial charge on any atom is -0.497 e. The lowest BCUT2D eigenvalue weighted by atomic mass is 9.61. The molecule has 1 saturated carbocycles. The van der Waals surface area contributed by atoms with Crippen LogP contribution in [0.3, 0.4) is 0 Å². The van der Waals surface area contributed by atoms with E-state index in [1.807, 2.05) is 0 Å². The molecule has 3 rings (SSSR count). The van der Waals surface area contributed by atoms with Crippen molar-refractivity contribution in [3.63, 3.8) is 0 Å². The molecule has 2 bridgehead atoms. The van der Waals surface area contributed by atoms with Gasteiger partial charge in [-0.3, -0.25) is 0 Å². The second-order valence-corrected chi connectivity index (χ2v) is 6.27. The Morgan fingerprint density at radius 3 is 2.95 bits per heavy atom. The fourth-order valence-electron chi connectivity index (χ4n) is 4.40. The minimum absolute atomic E-state index is 0.184. The molecule has 2 heteroatoms. The van der Waals surface area contributed by atoms with Gasteiger partial charge in [0.15, 0.2) is 0 Å². The zero-order valence-electron chi connectivity index (χ0n) is 12.1. The average molecular weight is 259 g/mol. The number of nitrogens with two attached hydrogens (primary N) is 1. The molecule has 1 fully saturated rings. The Bertz CT molecular complexity index is 470. The highest BCUT2D eigenvalue weighted by molar-refractivity contribution is 5.45. The molecule has 1 unspecified atom stereocenters. The van der Waals surface area contributed by atoms with Crippen molar-refractivity contribution in [1.82, 2.24) is 0 Å². The molecule has 0 aliphatic heterocycles. The van der Waals surface area contributed by atoms with Crippen LogP contribution in [0.4, 0.5) is 0 Å². The topological polar surface area (TPSA) is 35.2 Å². The fraction of sp³-hybridized carbons (Fsp3) is 0.647. The van der Waals surface area contributed by atoms with Crippen molar-refractivity contribution in [1.29, 1.82) is 0 Å².